The largest absolute Gasteiger partial charge is 0.309 e. The number of hydrogen-bond acceptors (Lipinski definition) is 2. The van der Waals surface area contributed by atoms with Crippen LogP contribution in [0, 0.1) is 22.7 Å². The van der Waals surface area contributed by atoms with E-state index in [1.807, 2.05) is 42.5 Å². The predicted octanol–water partition coefficient (Wildman–Crippen LogP) is 14.9. The number of rotatable bonds is 4. The fourth-order valence-electron chi connectivity index (χ4n) is 7.50. The smallest absolute Gasteiger partial charge is 0.0991 e. The molecule has 5 heteroatoms. The number of nitrogens with zero attached hydrogens (tertiary/aromatic N) is 4. The molecule has 0 atom stereocenters. The van der Waals surface area contributed by atoms with Crippen LogP contribution in [0.25, 0.3) is 77.2 Å². The van der Waals surface area contributed by atoms with Crippen molar-refractivity contribution in [3.05, 3.63) is 204 Å². The quantitative estimate of drug-likeness (QED) is 0.179. The molecule has 0 N–H and O–H groups in total. The molecular weight excluding hydrogens is 736 g/mol. The lowest BCUT2D eigenvalue weighted by Crippen LogP contribution is -1.93. The van der Waals surface area contributed by atoms with Crippen LogP contribution in [0.3, 0.4) is 0 Å². The van der Waals surface area contributed by atoms with Crippen LogP contribution >= 0.6 is 15.9 Å². The molecule has 4 nitrogen and oxygen atoms in total. The van der Waals surface area contributed by atoms with E-state index >= 15 is 0 Å². The van der Waals surface area contributed by atoms with Crippen LogP contribution in [0.1, 0.15) is 19.7 Å². The van der Waals surface area contributed by atoms with E-state index in [2.05, 4.69) is 171 Å². The molecule has 10 aromatic rings. The molecule has 0 aliphatic heterocycles. The lowest BCUT2D eigenvalue weighted by atomic mass is 9.98. The lowest BCUT2D eigenvalue weighted by Gasteiger charge is -2.09. The standard InChI is InChI=1S/C43H27N3.C7H4BrN.6H2/c44-28-29-14-22-35(23-15-29)46-41-13-7-5-11-37(41)39-27-33(21-25-43(39)46)31-18-16-30(17-19-31)32-20-24-42-38(26-32)36-10-4-6-12-40(36)45(42)34-8-2-1-3-9-34;8-7-3-1-6(5-9)2-4-7;;;;;;/h1-27H;1-4H;6*1H. The van der Waals surface area contributed by atoms with Crippen LogP contribution in [0.2, 0.25) is 0 Å². The van der Waals surface area contributed by atoms with Crippen molar-refractivity contribution in [1.82, 2.24) is 9.13 Å². The number of hydrogen-bond donors (Lipinski definition) is 0. The average Bonchev–Trinajstić information content (AvgIpc) is 3.77. The van der Waals surface area contributed by atoms with Gasteiger partial charge in [0.25, 0.3) is 0 Å². The van der Waals surface area contributed by atoms with Crippen molar-refractivity contribution in [3.8, 4) is 45.8 Å². The number of para-hydroxylation sites is 3. The van der Waals surface area contributed by atoms with Gasteiger partial charge >= 0.3 is 0 Å². The van der Waals surface area contributed by atoms with Crippen LogP contribution in [-0.2, 0) is 0 Å². The Balaban J connectivity index is 0.000000594. The summed E-state index contributed by atoms with van der Waals surface area (Å²) in [7, 11) is 0. The van der Waals surface area contributed by atoms with Gasteiger partial charge in [-0.25, -0.2) is 0 Å². The Morgan fingerprint density at radius 1 is 0.364 bits per heavy atom. The summed E-state index contributed by atoms with van der Waals surface area (Å²) in [6.45, 7) is 0. The minimum atomic E-state index is 0. The van der Waals surface area contributed by atoms with Gasteiger partial charge in [0.2, 0.25) is 0 Å². The van der Waals surface area contributed by atoms with Crippen molar-refractivity contribution >= 4 is 59.5 Å². The predicted molar refractivity (Wildman–Crippen MR) is 242 cm³/mol. The molecule has 8 aromatic carbocycles. The Labute approximate surface area is 336 Å². The Kier molecular flexibility index (Phi) is 8.77. The third-order valence-electron chi connectivity index (χ3n) is 10.1. The van der Waals surface area contributed by atoms with Crippen LogP contribution in [0.5, 0.6) is 0 Å². The van der Waals surface area contributed by atoms with Gasteiger partial charge in [0.15, 0.2) is 0 Å². The molecule has 0 spiro atoms. The highest BCUT2D eigenvalue weighted by Gasteiger charge is 2.15. The number of aromatic nitrogens is 2. The molecule has 2 aromatic heterocycles. The van der Waals surface area contributed by atoms with Crippen molar-refractivity contribution in [2.75, 3.05) is 0 Å². The van der Waals surface area contributed by atoms with Crippen molar-refractivity contribution in [1.29, 1.82) is 10.5 Å². The first-order valence-electron chi connectivity index (χ1n) is 18.0. The molecule has 0 fully saturated rings. The average molecular weight is 780 g/mol. The minimum absolute atomic E-state index is 0. The highest BCUT2D eigenvalue weighted by Crippen LogP contribution is 2.37. The molecule has 0 bridgehead atoms. The zero-order chi connectivity index (χ0) is 37.3. The van der Waals surface area contributed by atoms with Crippen molar-refractivity contribution in [3.63, 3.8) is 0 Å². The fraction of sp³-hybridized carbons (Fsp3) is 0. The van der Waals surface area contributed by atoms with Gasteiger partial charge in [-0.3, -0.25) is 0 Å². The Hall–Kier alpha value is -7.18. The first kappa shape index (κ1) is 33.6. The summed E-state index contributed by atoms with van der Waals surface area (Å²) < 4.78 is 5.64. The summed E-state index contributed by atoms with van der Waals surface area (Å²) in [6.07, 6.45) is 0. The Morgan fingerprint density at radius 2 is 0.745 bits per heavy atom. The summed E-state index contributed by atoms with van der Waals surface area (Å²) in [6, 6.07) is 69.5. The minimum Gasteiger partial charge on any atom is -0.309 e. The number of benzene rings is 8. The number of fused-ring (bicyclic) bond motifs is 6. The lowest BCUT2D eigenvalue weighted by molar-refractivity contribution is 1.18. The Morgan fingerprint density at radius 3 is 1.22 bits per heavy atom. The monoisotopic (exact) mass is 778 g/mol. The van der Waals surface area contributed by atoms with Gasteiger partial charge in [0.05, 0.1) is 45.3 Å². The van der Waals surface area contributed by atoms with E-state index in [1.165, 1.54) is 60.5 Å². The molecule has 0 aliphatic carbocycles. The van der Waals surface area contributed by atoms with E-state index in [-0.39, 0.29) is 8.56 Å². The molecule has 2 heterocycles. The second-order valence-corrected chi connectivity index (χ2v) is 14.3. The zero-order valence-corrected chi connectivity index (χ0v) is 31.2. The summed E-state index contributed by atoms with van der Waals surface area (Å²) >= 11 is 3.27. The third kappa shape index (κ3) is 6.24. The molecule has 0 saturated heterocycles. The van der Waals surface area contributed by atoms with Crippen molar-refractivity contribution in [2.24, 2.45) is 0 Å². The maximum absolute atomic E-state index is 9.29. The van der Waals surface area contributed by atoms with Gasteiger partial charge in [-0.15, -0.1) is 0 Å². The molecular formula is C50H43BrN4. The van der Waals surface area contributed by atoms with Gasteiger partial charge in [-0.2, -0.15) is 10.5 Å². The summed E-state index contributed by atoms with van der Waals surface area (Å²) in [5.74, 6) is 0. The summed E-state index contributed by atoms with van der Waals surface area (Å²) in [5.41, 5.74) is 13.1. The van der Waals surface area contributed by atoms with Gasteiger partial charge < -0.3 is 9.13 Å². The summed E-state index contributed by atoms with van der Waals surface area (Å²) in [4.78, 5) is 0. The summed E-state index contributed by atoms with van der Waals surface area (Å²) in [5, 5.41) is 22.6. The van der Waals surface area contributed by atoms with E-state index in [4.69, 9.17) is 5.26 Å². The normalized spacial score (nSPS) is 11.0. The number of nitriles is 2. The molecule has 0 saturated carbocycles. The van der Waals surface area contributed by atoms with E-state index in [0.29, 0.717) is 11.1 Å². The Bertz CT molecular complexity index is 3120. The second-order valence-electron chi connectivity index (χ2n) is 13.4. The van der Waals surface area contributed by atoms with E-state index in [0.717, 1.165) is 21.2 Å². The van der Waals surface area contributed by atoms with Crippen LogP contribution < -0.4 is 0 Å². The highest BCUT2D eigenvalue weighted by atomic mass is 79.9. The fourth-order valence-corrected chi connectivity index (χ4v) is 7.77. The molecule has 0 aliphatic rings. The van der Waals surface area contributed by atoms with Crippen LogP contribution in [-0.4, -0.2) is 9.13 Å². The zero-order valence-electron chi connectivity index (χ0n) is 29.6. The highest BCUT2D eigenvalue weighted by molar-refractivity contribution is 9.10. The van der Waals surface area contributed by atoms with Crippen LogP contribution in [0.4, 0.5) is 0 Å². The molecule has 55 heavy (non-hydrogen) atoms. The maximum atomic E-state index is 9.29. The van der Waals surface area contributed by atoms with Crippen LogP contribution in [0.15, 0.2) is 193 Å². The molecule has 0 radical (unpaired) electrons. The molecule has 0 amide bonds. The van der Waals surface area contributed by atoms with Gasteiger partial charge in [0.1, 0.15) is 0 Å². The van der Waals surface area contributed by atoms with Crippen molar-refractivity contribution in [2.45, 2.75) is 0 Å². The van der Waals surface area contributed by atoms with Gasteiger partial charge in [-0.1, -0.05) is 107 Å². The third-order valence-corrected chi connectivity index (χ3v) is 10.7. The second kappa shape index (κ2) is 14.3. The van der Waals surface area contributed by atoms with E-state index < -0.39 is 0 Å². The first-order chi connectivity index (χ1) is 27.1. The van der Waals surface area contributed by atoms with E-state index in [1.54, 1.807) is 12.1 Å². The van der Waals surface area contributed by atoms with Gasteiger partial charge in [-0.05, 0) is 119 Å². The van der Waals surface area contributed by atoms with Crippen molar-refractivity contribution < 1.29 is 8.56 Å². The topological polar surface area (TPSA) is 57.4 Å². The van der Waals surface area contributed by atoms with E-state index in [9.17, 15) is 5.26 Å². The molecule has 270 valence electrons. The molecule has 10 rings (SSSR count). The SMILES string of the molecule is N#Cc1ccc(-n2c3ccccc3c3cc(-c4ccc(-c5ccc6c(c5)c5ccccc5n6-c5ccccc5)cc4)ccc32)cc1.N#Cc1ccc(Br)cc1.[HH].[HH].[HH].[HH].[HH].[HH]. The van der Waals surface area contributed by atoms with Gasteiger partial charge in [0, 0.05) is 46.0 Å². The molecule has 0 unspecified atom stereocenters. The number of halogens is 1. The maximum Gasteiger partial charge on any atom is 0.0991 e. The first-order valence-corrected chi connectivity index (χ1v) is 18.8.